The number of sulfonamides is 1. The van der Waals surface area contributed by atoms with Gasteiger partial charge in [0.25, 0.3) is 0 Å². The molecule has 5 nitrogen and oxygen atoms in total. The molecular formula is C17H29N3O2S. The molecule has 1 saturated heterocycles. The Morgan fingerprint density at radius 1 is 1.00 bits per heavy atom. The van der Waals surface area contributed by atoms with Crippen LogP contribution in [0.2, 0.25) is 0 Å². The summed E-state index contributed by atoms with van der Waals surface area (Å²) in [6.45, 7) is 10.5. The second-order valence-corrected chi connectivity index (χ2v) is 8.65. The lowest BCUT2D eigenvalue weighted by Crippen LogP contribution is -2.50. The van der Waals surface area contributed by atoms with Gasteiger partial charge in [-0.25, -0.2) is 8.42 Å². The summed E-state index contributed by atoms with van der Waals surface area (Å²) < 4.78 is 27.7. The summed E-state index contributed by atoms with van der Waals surface area (Å²) in [5, 5.41) is 0. The van der Waals surface area contributed by atoms with E-state index in [4.69, 9.17) is 0 Å². The third kappa shape index (κ3) is 4.32. The molecular weight excluding hydrogens is 310 g/mol. The molecule has 0 saturated carbocycles. The van der Waals surface area contributed by atoms with Crippen LogP contribution in [0.15, 0.2) is 17.0 Å². The zero-order valence-electron chi connectivity index (χ0n) is 15.0. The molecule has 1 fully saturated rings. The number of rotatable bonds is 5. The van der Waals surface area contributed by atoms with Crippen molar-refractivity contribution < 1.29 is 8.42 Å². The maximum Gasteiger partial charge on any atom is 0.243 e. The Balaban J connectivity index is 2.11. The molecule has 1 aromatic carbocycles. The number of piperazine rings is 1. The Morgan fingerprint density at radius 3 is 2.00 bits per heavy atom. The summed E-state index contributed by atoms with van der Waals surface area (Å²) in [4.78, 5) is 4.98. The predicted octanol–water partition coefficient (Wildman–Crippen LogP) is 1.48. The fourth-order valence-electron chi connectivity index (χ4n) is 3.24. The van der Waals surface area contributed by atoms with E-state index in [0.29, 0.717) is 18.0 Å². The van der Waals surface area contributed by atoms with E-state index in [1.807, 2.05) is 32.9 Å². The summed E-state index contributed by atoms with van der Waals surface area (Å²) in [6, 6.07) is 3.90. The first-order valence-electron chi connectivity index (χ1n) is 8.17. The molecule has 1 aliphatic rings. The Labute approximate surface area is 140 Å². The first kappa shape index (κ1) is 18.4. The van der Waals surface area contributed by atoms with Crippen molar-refractivity contribution in [1.29, 1.82) is 0 Å². The van der Waals surface area contributed by atoms with Crippen molar-refractivity contribution in [1.82, 2.24) is 14.1 Å². The molecule has 2 rings (SSSR count). The largest absolute Gasteiger partial charge is 0.308 e. The van der Waals surface area contributed by atoms with Gasteiger partial charge in [-0.3, -0.25) is 4.90 Å². The van der Waals surface area contributed by atoms with Gasteiger partial charge in [0.2, 0.25) is 10.0 Å². The van der Waals surface area contributed by atoms with Crippen LogP contribution in [0, 0.1) is 20.8 Å². The molecule has 23 heavy (non-hydrogen) atoms. The minimum absolute atomic E-state index is 0.491. The minimum Gasteiger partial charge on any atom is -0.308 e. The van der Waals surface area contributed by atoms with Gasteiger partial charge in [-0.15, -0.1) is 0 Å². The Hall–Kier alpha value is -0.950. The summed E-state index contributed by atoms with van der Waals surface area (Å²) in [6.07, 6.45) is 0. The van der Waals surface area contributed by atoms with E-state index in [-0.39, 0.29) is 0 Å². The van der Waals surface area contributed by atoms with Gasteiger partial charge < -0.3 is 4.90 Å². The average Bonchev–Trinajstić information content (AvgIpc) is 2.44. The summed E-state index contributed by atoms with van der Waals surface area (Å²) in [5.41, 5.74) is 2.79. The van der Waals surface area contributed by atoms with Crippen LogP contribution in [0.5, 0.6) is 0 Å². The van der Waals surface area contributed by atoms with Crippen LogP contribution in [0.4, 0.5) is 0 Å². The smallest absolute Gasteiger partial charge is 0.243 e. The SMILES string of the molecule is Cc1cc(C)c(S(=O)(=O)N2CCN(CCN(C)C)CC2)c(C)c1. The number of likely N-dealkylation sites (N-methyl/N-ethyl adjacent to an activating group) is 1. The topological polar surface area (TPSA) is 43.9 Å². The van der Waals surface area contributed by atoms with E-state index >= 15 is 0 Å². The number of hydrogen-bond acceptors (Lipinski definition) is 4. The lowest BCUT2D eigenvalue weighted by Gasteiger charge is -2.35. The summed E-state index contributed by atoms with van der Waals surface area (Å²) in [5.74, 6) is 0. The second-order valence-electron chi connectivity index (χ2n) is 6.78. The highest BCUT2D eigenvalue weighted by atomic mass is 32.2. The summed E-state index contributed by atoms with van der Waals surface area (Å²) in [7, 11) is 0.720. The molecule has 6 heteroatoms. The lowest BCUT2D eigenvalue weighted by molar-refractivity contribution is 0.174. The molecule has 0 amide bonds. The van der Waals surface area contributed by atoms with Crippen LogP contribution in [0.25, 0.3) is 0 Å². The third-order valence-electron chi connectivity index (χ3n) is 4.40. The van der Waals surface area contributed by atoms with E-state index in [2.05, 4.69) is 23.9 Å². The number of aryl methyl sites for hydroxylation is 3. The highest BCUT2D eigenvalue weighted by molar-refractivity contribution is 7.89. The normalized spacial score (nSPS) is 17.8. The van der Waals surface area contributed by atoms with E-state index in [1.165, 1.54) is 0 Å². The van der Waals surface area contributed by atoms with Crippen molar-refractivity contribution in [3.63, 3.8) is 0 Å². The van der Waals surface area contributed by atoms with Crippen LogP contribution in [0.3, 0.4) is 0 Å². The van der Waals surface area contributed by atoms with Crippen molar-refractivity contribution in [2.75, 3.05) is 53.4 Å². The molecule has 130 valence electrons. The minimum atomic E-state index is -3.40. The van der Waals surface area contributed by atoms with Gasteiger partial charge in [-0.05, 0) is 46.0 Å². The highest BCUT2D eigenvalue weighted by Gasteiger charge is 2.30. The maximum absolute atomic E-state index is 13.0. The van der Waals surface area contributed by atoms with Crippen molar-refractivity contribution in [2.24, 2.45) is 0 Å². The van der Waals surface area contributed by atoms with Crippen LogP contribution in [-0.4, -0.2) is 75.9 Å². The molecule has 0 spiro atoms. The van der Waals surface area contributed by atoms with Crippen molar-refractivity contribution in [3.8, 4) is 0 Å². The van der Waals surface area contributed by atoms with Crippen molar-refractivity contribution in [2.45, 2.75) is 25.7 Å². The molecule has 1 heterocycles. The lowest BCUT2D eigenvalue weighted by atomic mass is 10.1. The third-order valence-corrected chi connectivity index (χ3v) is 6.60. The van der Waals surface area contributed by atoms with Gasteiger partial charge in [0, 0.05) is 39.3 Å². The van der Waals surface area contributed by atoms with E-state index < -0.39 is 10.0 Å². The van der Waals surface area contributed by atoms with Crippen LogP contribution in [-0.2, 0) is 10.0 Å². The molecule has 0 aromatic heterocycles. The van der Waals surface area contributed by atoms with Crippen LogP contribution >= 0.6 is 0 Å². The van der Waals surface area contributed by atoms with Crippen LogP contribution in [0.1, 0.15) is 16.7 Å². The van der Waals surface area contributed by atoms with E-state index in [1.54, 1.807) is 4.31 Å². The van der Waals surface area contributed by atoms with Gasteiger partial charge in [0.15, 0.2) is 0 Å². The van der Waals surface area contributed by atoms with Gasteiger partial charge in [-0.1, -0.05) is 17.7 Å². The van der Waals surface area contributed by atoms with Gasteiger partial charge >= 0.3 is 0 Å². The van der Waals surface area contributed by atoms with Gasteiger partial charge in [0.1, 0.15) is 0 Å². The molecule has 0 radical (unpaired) electrons. The van der Waals surface area contributed by atoms with Gasteiger partial charge in [-0.2, -0.15) is 4.31 Å². The molecule has 0 aliphatic carbocycles. The van der Waals surface area contributed by atoms with Crippen LogP contribution < -0.4 is 0 Å². The van der Waals surface area contributed by atoms with E-state index in [9.17, 15) is 8.42 Å². The quantitative estimate of drug-likeness (QED) is 0.815. The first-order valence-corrected chi connectivity index (χ1v) is 9.61. The molecule has 1 aliphatic heterocycles. The van der Waals surface area contributed by atoms with Crippen molar-refractivity contribution >= 4 is 10.0 Å². The van der Waals surface area contributed by atoms with Gasteiger partial charge in [0.05, 0.1) is 4.90 Å². The Morgan fingerprint density at radius 2 is 1.52 bits per heavy atom. The standard InChI is InChI=1S/C17H29N3O2S/c1-14-12-15(2)17(16(3)13-14)23(21,22)20-10-8-19(9-11-20)7-6-18(4)5/h12-13H,6-11H2,1-5H3. The van der Waals surface area contributed by atoms with Crippen molar-refractivity contribution in [3.05, 3.63) is 28.8 Å². The Bertz CT molecular complexity index is 625. The number of hydrogen-bond donors (Lipinski definition) is 0. The number of benzene rings is 1. The van der Waals surface area contributed by atoms with E-state index in [0.717, 1.165) is 42.9 Å². The first-order chi connectivity index (χ1) is 10.7. The number of nitrogens with zero attached hydrogens (tertiary/aromatic N) is 3. The fourth-order valence-corrected chi connectivity index (χ4v) is 5.07. The molecule has 0 N–H and O–H groups in total. The second kappa shape index (κ2) is 7.30. The predicted molar refractivity (Wildman–Crippen MR) is 94.4 cm³/mol. The Kier molecular flexibility index (Phi) is 5.84. The molecule has 0 unspecified atom stereocenters. The average molecular weight is 340 g/mol. The fraction of sp³-hybridized carbons (Fsp3) is 0.647. The zero-order chi connectivity index (χ0) is 17.2. The molecule has 1 aromatic rings. The maximum atomic E-state index is 13.0. The molecule has 0 bridgehead atoms. The zero-order valence-corrected chi connectivity index (χ0v) is 15.8. The molecule has 0 atom stereocenters. The monoisotopic (exact) mass is 339 g/mol. The summed E-state index contributed by atoms with van der Waals surface area (Å²) >= 11 is 0. The highest BCUT2D eigenvalue weighted by Crippen LogP contribution is 2.25.